The van der Waals surface area contributed by atoms with Crippen LogP contribution in [0, 0.1) is 13.8 Å². The summed E-state index contributed by atoms with van der Waals surface area (Å²) in [6.07, 6.45) is 0.577. The SMILES string of the molecule is COc1ccc(CCNC(=O)COc2c(-c3ccccc3Cl)oc3cc(C)cc(C)c3c2=O)cc1OC. The molecule has 1 amide bonds. The highest BCUT2D eigenvalue weighted by atomic mass is 35.5. The van der Waals surface area contributed by atoms with Crippen LogP contribution in [0.2, 0.25) is 5.02 Å². The predicted molar refractivity (Wildman–Crippen MR) is 144 cm³/mol. The topological polar surface area (TPSA) is 87.0 Å². The largest absolute Gasteiger partial charge is 0.493 e. The third-order valence-corrected chi connectivity index (χ3v) is 6.27. The van der Waals surface area contributed by atoms with Gasteiger partial charge in [-0.2, -0.15) is 0 Å². The number of rotatable bonds is 9. The van der Waals surface area contributed by atoms with Crippen LogP contribution in [0.25, 0.3) is 22.3 Å². The molecule has 37 heavy (non-hydrogen) atoms. The molecular formula is C29H28ClNO6. The van der Waals surface area contributed by atoms with E-state index in [1.165, 1.54) is 0 Å². The number of benzene rings is 3. The summed E-state index contributed by atoms with van der Waals surface area (Å²) in [5.74, 6) is 1.02. The van der Waals surface area contributed by atoms with E-state index in [1.54, 1.807) is 44.6 Å². The first kappa shape index (κ1) is 26.1. The van der Waals surface area contributed by atoms with E-state index in [-0.39, 0.29) is 29.5 Å². The zero-order valence-corrected chi connectivity index (χ0v) is 21.9. The van der Waals surface area contributed by atoms with Crippen molar-refractivity contribution in [1.82, 2.24) is 5.32 Å². The van der Waals surface area contributed by atoms with Gasteiger partial charge in [-0.1, -0.05) is 35.9 Å². The maximum atomic E-state index is 13.5. The normalized spacial score (nSPS) is 10.8. The molecule has 0 aliphatic carbocycles. The second kappa shape index (κ2) is 11.4. The van der Waals surface area contributed by atoms with Crippen LogP contribution < -0.4 is 25.0 Å². The Hall–Kier alpha value is -3.97. The van der Waals surface area contributed by atoms with Crippen molar-refractivity contribution in [3.05, 3.63) is 86.5 Å². The van der Waals surface area contributed by atoms with E-state index in [2.05, 4.69) is 5.32 Å². The van der Waals surface area contributed by atoms with Crippen molar-refractivity contribution in [1.29, 1.82) is 0 Å². The zero-order valence-electron chi connectivity index (χ0n) is 21.1. The molecule has 0 bridgehead atoms. The maximum absolute atomic E-state index is 13.5. The average molecular weight is 522 g/mol. The number of aryl methyl sites for hydroxylation is 2. The first-order valence-corrected chi connectivity index (χ1v) is 12.1. The fourth-order valence-electron chi connectivity index (χ4n) is 4.20. The number of ether oxygens (including phenoxy) is 3. The summed E-state index contributed by atoms with van der Waals surface area (Å²) in [5, 5.41) is 3.63. The molecule has 0 spiro atoms. The van der Waals surface area contributed by atoms with Gasteiger partial charge in [-0.05, 0) is 67.3 Å². The first-order chi connectivity index (χ1) is 17.8. The number of amides is 1. The molecule has 1 heterocycles. The van der Waals surface area contributed by atoms with Crippen molar-refractivity contribution in [2.24, 2.45) is 0 Å². The second-order valence-electron chi connectivity index (χ2n) is 8.60. The third kappa shape index (κ3) is 5.73. The molecule has 192 valence electrons. The van der Waals surface area contributed by atoms with E-state index >= 15 is 0 Å². The minimum atomic E-state index is -0.370. The number of hydrogen-bond donors (Lipinski definition) is 1. The number of nitrogens with one attached hydrogen (secondary N) is 1. The van der Waals surface area contributed by atoms with E-state index < -0.39 is 0 Å². The molecule has 0 aliphatic heterocycles. The van der Waals surface area contributed by atoms with Crippen molar-refractivity contribution in [3.63, 3.8) is 0 Å². The van der Waals surface area contributed by atoms with E-state index in [1.807, 2.05) is 38.1 Å². The van der Waals surface area contributed by atoms with Crippen LogP contribution >= 0.6 is 11.6 Å². The lowest BCUT2D eigenvalue weighted by Crippen LogP contribution is -2.31. The van der Waals surface area contributed by atoms with Gasteiger partial charge in [0.25, 0.3) is 5.91 Å². The molecule has 4 aromatic rings. The molecular weight excluding hydrogens is 494 g/mol. The Morgan fingerprint density at radius 3 is 2.49 bits per heavy atom. The Morgan fingerprint density at radius 2 is 1.76 bits per heavy atom. The van der Waals surface area contributed by atoms with Gasteiger partial charge < -0.3 is 23.9 Å². The van der Waals surface area contributed by atoms with E-state index in [9.17, 15) is 9.59 Å². The van der Waals surface area contributed by atoms with Gasteiger partial charge in [0.15, 0.2) is 23.9 Å². The number of halogens is 1. The zero-order chi connectivity index (χ0) is 26.5. The smallest absolute Gasteiger partial charge is 0.257 e. The molecule has 0 aliphatic rings. The number of methoxy groups -OCH3 is 2. The summed E-state index contributed by atoms with van der Waals surface area (Å²) in [5.41, 5.74) is 3.28. The quantitative estimate of drug-likeness (QED) is 0.313. The molecule has 1 aromatic heterocycles. The van der Waals surface area contributed by atoms with Crippen LogP contribution in [0.3, 0.4) is 0 Å². The minimum Gasteiger partial charge on any atom is -0.493 e. The molecule has 0 atom stereocenters. The maximum Gasteiger partial charge on any atom is 0.257 e. The summed E-state index contributed by atoms with van der Waals surface area (Å²) >= 11 is 6.41. The van der Waals surface area contributed by atoms with E-state index in [0.717, 1.165) is 16.7 Å². The Bertz CT molecular complexity index is 1510. The van der Waals surface area contributed by atoms with E-state index in [4.69, 9.17) is 30.2 Å². The first-order valence-electron chi connectivity index (χ1n) is 11.8. The van der Waals surface area contributed by atoms with Crippen molar-refractivity contribution in [3.8, 4) is 28.6 Å². The second-order valence-corrected chi connectivity index (χ2v) is 9.01. The molecule has 3 aromatic carbocycles. The van der Waals surface area contributed by atoms with Gasteiger partial charge in [0.05, 0.1) is 24.6 Å². The highest BCUT2D eigenvalue weighted by Crippen LogP contribution is 2.36. The lowest BCUT2D eigenvalue weighted by Gasteiger charge is -2.14. The van der Waals surface area contributed by atoms with E-state index in [0.29, 0.717) is 46.0 Å². The van der Waals surface area contributed by atoms with Gasteiger partial charge in [-0.25, -0.2) is 0 Å². The van der Waals surface area contributed by atoms with Crippen molar-refractivity contribution in [2.45, 2.75) is 20.3 Å². The van der Waals surface area contributed by atoms with Gasteiger partial charge >= 0.3 is 0 Å². The molecule has 0 fully saturated rings. The standard InChI is InChI=1S/C29H28ClNO6/c1-17-13-18(2)26-24(14-17)37-28(20-7-5-6-8-21(20)30)29(27(26)33)36-16-25(32)31-12-11-19-9-10-22(34-3)23(15-19)35-4/h5-10,13-15H,11-12,16H2,1-4H3,(H,31,32). The van der Waals surface area contributed by atoms with Crippen LogP contribution in [-0.4, -0.2) is 33.3 Å². The van der Waals surface area contributed by atoms with Crippen molar-refractivity contribution < 1.29 is 23.4 Å². The van der Waals surface area contributed by atoms with Crippen LogP contribution in [0.1, 0.15) is 16.7 Å². The molecule has 0 unspecified atom stereocenters. The Morgan fingerprint density at radius 1 is 1.00 bits per heavy atom. The molecule has 0 saturated heterocycles. The summed E-state index contributed by atoms with van der Waals surface area (Å²) in [6, 6.07) is 16.3. The number of carbonyl (C=O) groups is 1. The number of fused-ring (bicyclic) bond motifs is 1. The highest BCUT2D eigenvalue weighted by molar-refractivity contribution is 6.33. The molecule has 0 radical (unpaired) electrons. The number of hydrogen-bond acceptors (Lipinski definition) is 6. The summed E-state index contributed by atoms with van der Waals surface area (Å²) < 4.78 is 22.5. The van der Waals surface area contributed by atoms with Crippen LogP contribution in [0.4, 0.5) is 0 Å². The van der Waals surface area contributed by atoms with Gasteiger partial charge in [0, 0.05) is 12.1 Å². The van der Waals surface area contributed by atoms with Crippen LogP contribution in [-0.2, 0) is 11.2 Å². The molecule has 4 rings (SSSR count). The fourth-order valence-corrected chi connectivity index (χ4v) is 4.42. The van der Waals surface area contributed by atoms with Gasteiger partial charge in [0.1, 0.15) is 5.58 Å². The monoisotopic (exact) mass is 521 g/mol. The fraction of sp³-hybridized carbons (Fsp3) is 0.241. The Balaban J connectivity index is 1.54. The summed E-state index contributed by atoms with van der Waals surface area (Å²) in [6.45, 7) is 3.79. The summed E-state index contributed by atoms with van der Waals surface area (Å²) in [4.78, 5) is 26.1. The Labute approximate surface area is 219 Å². The Kier molecular flexibility index (Phi) is 8.04. The number of carbonyl (C=O) groups excluding carboxylic acids is 1. The van der Waals surface area contributed by atoms with Gasteiger partial charge in [-0.3, -0.25) is 9.59 Å². The highest BCUT2D eigenvalue weighted by Gasteiger charge is 2.21. The lowest BCUT2D eigenvalue weighted by molar-refractivity contribution is -0.123. The van der Waals surface area contributed by atoms with Crippen molar-refractivity contribution in [2.75, 3.05) is 27.4 Å². The van der Waals surface area contributed by atoms with Crippen LogP contribution in [0.15, 0.2) is 63.8 Å². The van der Waals surface area contributed by atoms with Crippen LogP contribution in [0.5, 0.6) is 17.2 Å². The molecule has 7 nitrogen and oxygen atoms in total. The predicted octanol–water partition coefficient (Wildman–Crippen LogP) is 5.49. The molecule has 8 heteroatoms. The van der Waals surface area contributed by atoms with Crippen molar-refractivity contribution >= 4 is 28.5 Å². The lowest BCUT2D eigenvalue weighted by atomic mass is 10.0. The summed E-state index contributed by atoms with van der Waals surface area (Å²) in [7, 11) is 3.15. The molecule has 1 N–H and O–H groups in total. The van der Waals surface area contributed by atoms with Gasteiger partial charge in [-0.15, -0.1) is 0 Å². The molecule has 0 saturated carbocycles. The third-order valence-electron chi connectivity index (χ3n) is 5.95. The minimum absolute atomic E-state index is 0.0532. The average Bonchev–Trinajstić information content (AvgIpc) is 2.87. The van der Waals surface area contributed by atoms with Gasteiger partial charge in [0.2, 0.25) is 11.2 Å².